The topological polar surface area (TPSA) is 21.3 Å². The van der Waals surface area contributed by atoms with Gasteiger partial charge in [-0.3, -0.25) is 0 Å². The van der Waals surface area contributed by atoms with Crippen molar-refractivity contribution in [2.45, 2.75) is 33.1 Å². The SMILES string of the molecule is CCC(CC)(CNCCOC)Cc1ccccc1Cl. The Morgan fingerprint density at radius 1 is 1.21 bits per heavy atom. The summed E-state index contributed by atoms with van der Waals surface area (Å²) in [5.41, 5.74) is 1.53. The highest BCUT2D eigenvalue weighted by atomic mass is 35.5. The van der Waals surface area contributed by atoms with Crippen molar-refractivity contribution in [1.29, 1.82) is 0 Å². The third kappa shape index (κ3) is 5.13. The van der Waals surface area contributed by atoms with E-state index in [0.717, 1.165) is 44.0 Å². The van der Waals surface area contributed by atoms with Crippen molar-refractivity contribution in [3.63, 3.8) is 0 Å². The fourth-order valence-corrected chi connectivity index (χ4v) is 2.59. The molecule has 0 saturated carbocycles. The average Bonchev–Trinajstić information content (AvgIpc) is 2.44. The van der Waals surface area contributed by atoms with Crippen LogP contribution in [-0.4, -0.2) is 26.8 Å². The maximum absolute atomic E-state index is 6.29. The first kappa shape index (κ1) is 16.5. The molecule has 0 aliphatic carbocycles. The van der Waals surface area contributed by atoms with Gasteiger partial charge in [0.15, 0.2) is 0 Å². The average molecular weight is 284 g/mol. The van der Waals surface area contributed by atoms with E-state index in [4.69, 9.17) is 16.3 Å². The van der Waals surface area contributed by atoms with Gasteiger partial charge in [0, 0.05) is 25.2 Å². The molecule has 3 heteroatoms. The van der Waals surface area contributed by atoms with Crippen LogP contribution in [0.25, 0.3) is 0 Å². The summed E-state index contributed by atoms with van der Waals surface area (Å²) in [7, 11) is 1.73. The summed E-state index contributed by atoms with van der Waals surface area (Å²) in [6.07, 6.45) is 3.32. The Bertz CT molecular complexity index is 364. The molecule has 108 valence electrons. The first-order valence-electron chi connectivity index (χ1n) is 7.10. The van der Waals surface area contributed by atoms with Crippen LogP contribution in [0.15, 0.2) is 24.3 Å². The van der Waals surface area contributed by atoms with E-state index in [9.17, 15) is 0 Å². The molecule has 0 spiro atoms. The third-order valence-electron chi connectivity index (χ3n) is 4.01. The van der Waals surface area contributed by atoms with Gasteiger partial charge in [-0.15, -0.1) is 0 Å². The molecule has 0 aliphatic rings. The Morgan fingerprint density at radius 2 is 1.89 bits per heavy atom. The highest BCUT2D eigenvalue weighted by Crippen LogP contribution is 2.32. The molecule has 2 nitrogen and oxygen atoms in total. The van der Waals surface area contributed by atoms with Crippen LogP contribution in [-0.2, 0) is 11.2 Å². The van der Waals surface area contributed by atoms with Crippen LogP contribution >= 0.6 is 11.6 Å². The van der Waals surface area contributed by atoms with Gasteiger partial charge in [0.2, 0.25) is 0 Å². The van der Waals surface area contributed by atoms with Crippen molar-refractivity contribution in [1.82, 2.24) is 5.32 Å². The fourth-order valence-electron chi connectivity index (χ4n) is 2.39. The van der Waals surface area contributed by atoms with E-state index in [1.54, 1.807) is 7.11 Å². The van der Waals surface area contributed by atoms with Crippen molar-refractivity contribution in [2.24, 2.45) is 5.41 Å². The molecule has 0 amide bonds. The predicted octanol–water partition coefficient (Wildman–Crippen LogP) is 3.92. The molecule has 1 aromatic rings. The zero-order valence-corrected chi connectivity index (χ0v) is 13.1. The molecule has 0 saturated heterocycles. The molecule has 0 atom stereocenters. The molecular weight excluding hydrogens is 258 g/mol. The van der Waals surface area contributed by atoms with Crippen LogP contribution in [0.4, 0.5) is 0 Å². The van der Waals surface area contributed by atoms with Gasteiger partial charge in [-0.2, -0.15) is 0 Å². The molecule has 0 unspecified atom stereocenters. The summed E-state index contributed by atoms with van der Waals surface area (Å²) >= 11 is 6.29. The number of hydrogen-bond acceptors (Lipinski definition) is 2. The Kier molecular flexibility index (Phi) is 7.44. The van der Waals surface area contributed by atoms with Crippen LogP contribution in [0.3, 0.4) is 0 Å². The number of halogens is 1. The molecular formula is C16H26ClNO. The Labute approximate surface area is 122 Å². The maximum Gasteiger partial charge on any atom is 0.0587 e. The van der Waals surface area contributed by atoms with Gasteiger partial charge in [-0.25, -0.2) is 0 Å². The smallest absolute Gasteiger partial charge is 0.0587 e. The van der Waals surface area contributed by atoms with Gasteiger partial charge in [-0.1, -0.05) is 43.6 Å². The monoisotopic (exact) mass is 283 g/mol. The summed E-state index contributed by atoms with van der Waals surface area (Å²) in [6, 6.07) is 8.17. The minimum Gasteiger partial charge on any atom is -0.383 e. The van der Waals surface area contributed by atoms with E-state index in [2.05, 4.69) is 31.3 Å². The number of methoxy groups -OCH3 is 1. The number of rotatable bonds is 9. The lowest BCUT2D eigenvalue weighted by molar-refractivity contribution is 0.185. The van der Waals surface area contributed by atoms with Gasteiger partial charge in [0.25, 0.3) is 0 Å². The summed E-state index contributed by atoms with van der Waals surface area (Å²) in [5, 5.41) is 4.38. The van der Waals surface area contributed by atoms with Crippen LogP contribution < -0.4 is 5.32 Å². The second-order valence-corrected chi connectivity index (χ2v) is 5.55. The number of hydrogen-bond donors (Lipinski definition) is 1. The zero-order valence-electron chi connectivity index (χ0n) is 12.3. The minimum absolute atomic E-state index is 0.277. The van der Waals surface area contributed by atoms with Crippen molar-refractivity contribution in [3.8, 4) is 0 Å². The number of nitrogens with one attached hydrogen (secondary N) is 1. The first-order valence-corrected chi connectivity index (χ1v) is 7.48. The second kappa shape index (κ2) is 8.57. The Morgan fingerprint density at radius 3 is 2.47 bits per heavy atom. The molecule has 19 heavy (non-hydrogen) atoms. The van der Waals surface area contributed by atoms with Crippen LogP contribution in [0.1, 0.15) is 32.3 Å². The molecule has 0 fully saturated rings. The van der Waals surface area contributed by atoms with E-state index >= 15 is 0 Å². The molecule has 1 rings (SSSR count). The van der Waals surface area contributed by atoms with E-state index in [1.165, 1.54) is 5.56 Å². The first-order chi connectivity index (χ1) is 9.17. The number of benzene rings is 1. The second-order valence-electron chi connectivity index (χ2n) is 5.14. The highest BCUT2D eigenvalue weighted by Gasteiger charge is 2.26. The minimum atomic E-state index is 0.277. The van der Waals surface area contributed by atoms with Crippen molar-refractivity contribution >= 4 is 11.6 Å². The van der Waals surface area contributed by atoms with E-state index in [1.807, 2.05) is 12.1 Å². The van der Waals surface area contributed by atoms with E-state index < -0.39 is 0 Å². The summed E-state index contributed by atoms with van der Waals surface area (Å²) in [5.74, 6) is 0. The lowest BCUT2D eigenvalue weighted by Gasteiger charge is -2.32. The van der Waals surface area contributed by atoms with E-state index in [-0.39, 0.29) is 5.41 Å². The highest BCUT2D eigenvalue weighted by molar-refractivity contribution is 6.31. The summed E-state index contributed by atoms with van der Waals surface area (Å²) in [4.78, 5) is 0. The van der Waals surface area contributed by atoms with Crippen molar-refractivity contribution in [3.05, 3.63) is 34.9 Å². The molecule has 0 aromatic heterocycles. The Balaban J connectivity index is 2.67. The summed E-state index contributed by atoms with van der Waals surface area (Å²) in [6.45, 7) is 7.20. The molecule has 0 heterocycles. The van der Waals surface area contributed by atoms with Crippen LogP contribution in [0, 0.1) is 5.41 Å². The molecule has 0 radical (unpaired) electrons. The Hall–Kier alpha value is -0.570. The van der Waals surface area contributed by atoms with Gasteiger partial charge in [0.05, 0.1) is 6.61 Å². The van der Waals surface area contributed by atoms with Gasteiger partial charge >= 0.3 is 0 Å². The number of ether oxygens (including phenoxy) is 1. The van der Waals surface area contributed by atoms with E-state index in [0.29, 0.717) is 0 Å². The largest absolute Gasteiger partial charge is 0.383 e. The molecule has 0 aliphatic heterocycles. The van der Waals surface area contributed by atoms with Gasteiger partial charge in [0.1, 0.15) is 0 Å². The lowest BCUT2D eigenvalue weighted by Crippen LogP contribution is -2.36. The molecule has 1 N–H and O–H groups in total. The quantitative estimate of drug-likeness (QED) is 0.694. The van der Waals surface area contributed by atoms with Crippen LogP contribution in [0.5, 0.6) is 0 Å². The van der Waals surface area contributed by atoms with Gasteiger partial charge < -0.3 is 10.1 Å². The summed E-state index contributed by atoms with van der Waals surface area (Å²) < 4.78 is 5.08. The zero-order chi connectivity index (χ0) is 14.1. The predicted molar refractivity (Wildman–Crippen MR) is 82.9 cm³/mol. The maximum atomic E-state index is 6.29. The van der Waals surface area contributed by atoms with Crippen LogP contribution in [0.2, 0.25) is 5.02 Å². The molecule has 0 bridgehead atoms. The molecule has 1 aromatic carbocycles. The standard InChI is InChI=1S/C16H26ClNO/c1-4-16(5-2,13-18-10-11-19-3)12-14-8-6-7-9-15(14)17/h6-9,18H,4-5,10-13H2,1-3H3. The normalized spacial score (nSPS) is 11.8. The third-order valence-corrected chi connectivity index (χ3v) is 4.37. The van der Waals surface area contributed by atoms with Gasteiger partial charge in [-0.05, 0) is 36.3 Å². The van der Waals surface area contributed by atoms with Crippen molar-refractivity contribution in [2.75, 3.05) is 26.8 Å². The fraction of sp³-hybridized carbons (Fsp3) is 0.625. The van der Waals surface area contributed by atoms with Crippen molar-refractivity contribution < 1.29 is 4.74 Å². The lowest BCUT2D eigenvalue weighted by atomic mass is 9.77.